The lowest BCUT2D eigenvalue weighted by Gasteiger charge is -2.16. The van der Waals surface area contributed by atoms with Crippen LogP contribution in [0.2, 0.25) is 5.02 Å². The van der Waals surface area contributed by atoms with Crippen molar-refractivity contribution in [2.45, 2.75) is 26.6 Å². The Hall–Kier alpha value is -2.15. The Bertz CT molecular complexity index is 957. The number of nitrogens with zero attached hydrogens (tertiary/aromatic N) is 1. The van der Waals surface area contributed by atoms with Gasteiger partial charge in [0.15, 0.2) is 11.5 Å². The first-order chi connectivity index (χ1) is 14.1. The van der Waals surface area contributed by atoms with E-state index in [1.54, 1.807) is 12.3 Å². The lowest BCUT2D eigenvalue weighted by molar-refractivity contribution is 0.268. The number of halogens is 3. The van der Waals surface area contributed by atoms with Gasteiger partial charge in [-0.2, -0.15) is 0 Å². The summed E-state index contributed by atoms with van der Waals surface area (Å²) in [6.45, 7) is 4.01. The van der Waals surface area contributed by atoms with E-state index >= 15 is 0 Å². The molecule has 0 atom stereocenters. The van der Waals surface area contributed by atoms with Gasteiger partial charge in [-0.15, -0.1) is 0 Å². The fourth-order valence-electron chi connectivity index (χ4n) is 2.73. The van der Waals surface area contributed by atoms with Crippen LogP contribution in [0.4, 0.5) is 4.39 Å². The summed E-state index contributed by atoms with van der Waals surface area (Å²) >= 11 is 9.69. The highest BCUT2D eigenvalue weighted by molar-refractivity contribution is 9.10. The maximum absolute atomic E-state index is 13.2. The van der Waals surface area contributed by atoms with Crippen LogP contribution in [0, 0.1) is 5.82 Å². The normalized spacial score (nSPS) is 10.8. The minimum absolute atomic E-state index is 0.213. The van der Waals surface area contributed by atoms with Gasteiger partial charge in [0.25, 0.3) is 0 Å². The van der Waals surface area contributed by atoms with Crippen molar-refractivity contribution in [1.29, 1.82) is 0 Å². The molecule has 0 bridgehead atoms. The van der Waals surface area contributed by atoms with Crippen molar-refractivity contribution in [2.24, 2.45) is 0 Å². The third-order valence-corrected chi connectivity index (χ3v) is 5.27. The van der Waals surface area contributed by atoms with Crippen LogP contribution >= 0.6 is 27.5 Å². The summed E-state index contributed by atoms with van der Waals surface area (Å²) in [5.41, 5.74) is 2.86. The van der Waals surface area contributed by atoms with E-state index in [9.17, 15) is 4.39 Å². The highest BCUT2D eigenvalue weighted by atomic mass is 79.9. The highest BCUT2D eigenvalue weighted by Gasteiger charge is 2.12. The molecular formula is C22H21BrClFN2O2. The van der Waals surface area contributed by atoms with Crippen molar-refractivity contribution in [3.63, 3.8) is 0 Å². The van der Waals surface area contributed by atoms with E-state index in [1.165, 1.54) is 12.1 Å². The Morgan fingerprint density at radius 1 is 1.07 bits per heavy atom. The van der Waals surface area contributed by atoms with Crippen LogP contribution in [-0.2, 0) is 19.7 Å². The zero-order valence-electron chi connectivity index (χ0n) is 15.9. The van der Waals surface area contributed by atoms with Crippen LogP contribution in [0.25, 0.3) is 0 Å². The van der Waals surface area contributed by atoms with Crippen molar-refractivity contribution < 1.29 is 13.9 Å². The van der Waals surface area contributed by atoms with E-state index in [4.69, 9.17) is 21.1 Å². The average molecular weight is 480 g/mol. The molecule has 0 spiro atoms. The number of nitrogens with one attached hydrogen (secondary N) is 1. The molecule has 0 fully saturated rings. The van der Waals surface area contributed by atoms with E-state index in [2.05, 4.69) is 26.2 Å². The molecule has 2 aromatic carbocycles. The first-order valence-corrected chi connectivity index (χ1v) is 10.4. The molecular weight excluding hydrogens is 459 g/mol. The number of benzene rings is 2. The molecule has 1 heterocycles. The molecule has 3 rings (SSSR count). The molecule has 0 aliphatic carbocycles. The predicted octanol–water partition coefficient (Wildman–Crippen LogP) is 5.90. The molecule has 4 nitrogen and oxygen atoms in total. The second-order valence-corrected chi connectivity index (χ2v) is 7.57. The Morgan fingerprint density at radius 3 is 2.62 bits per heavy atom. The molecule has 0 saturated carbocycles. The molecule has 1 N–H and O–H groups in total. The SMILES string of the molecule is CCOc1cc(CNCc2cccnc2)c(Br)cc1OCc1ccc(F)cc1Cl. The molecule has 152 valence electrons. The standard InChI is InChI=1S/C22H21BrClFN2O2/c1-2-28-21-8-17(13-27-12-15-4-3-7-26-11-15)19(23)10-22(21)29-14-16-5-6-18(25)9-20(16)24/h3-11,27H,2,12-14H2,1H3. The van der Waals surface area contributed by atoms with Crippen molar-refractivity contribution >= 4 is 27.5 Å². The van der Waals surface area contributed by atoms with E-state index in [1.807, 2.05) is 37.4 Å². The maximum Gasteiger partial charge on any atom is 0.162 e. The van der Waals surface area contributed by atoms with Gasteiger partial charge in [-0.1, -0.05) is 39.7 Å². The molecule has 3 aromatic rings. The fourth-order valence-corrected chi connectivity index (χ4v) is 3.42. The van der Waals surface area contributed by atoms with Gasteiger partial charge in [0, 0.05) is 35.5 Å². The summed E-state index contributed by atoms with van der Waals surface area (Å²) in [4.78, 5) is 4.12. The fraction of sp³-hybridized carbons (Fsp3) is 0.227. The third-order valence-electron chi connectivity index (χ3n) is 4.18. The summed E-state index contributed by atoms with van der Waals surface area (Å²) in [5.74, 6) is 0.863. The molecule has 7 heteroatoms. The minimum atomic E-state index is -0.375. The molecule has 0 amide bonds. The lowest BCUT2D eigenvalue weighted by atomic mass is 10.2. The monoisotopic (exact) mass is 478 g/mol. The molecule has 29 heavy (non-hydrogen) atoms. The number of pyridine rings is 1. The Balaban J connectivity index is 1.69. The minimum Gasteiger partial charge on any atom is -0.490 e. The Kier molecular flexibility index (Phi) is 7.86. The van der Waals surface area contributed by atoms with E-state index in [-0.39, 0.29) is 12.4 Å². The summed E-state index contributed by atoms with van der Waals surface area (Å²) in [7, 11) is 0. The highest BCUT2D eigenvalue weighted by Crippen LogP contribution is 2.35. The van der Waals surface area contributed by atoms with E-state index in [0.29, 0.717) is 41.8 Å². The van der Waals surface area contributed by atoms with Gasteiger partial charge in [-0.3, -0.25) is 4.98 Å². The van der Waals surface area contributed by atoms with Crippen molar-refractivity contribution in [2.75, 3.05) is 6.61 Å². The van der Waals surface area contributed by atoms with Gasteiger partial charge >= 0.3 is 0 Å². The second kappa shape index (κ2) is 10.6. The molecule has 0 radical (unpaired) electrons. The molecule has 0 aliphatic rings. The average Bonchev–Trinajstić information content (AvgIpc) is 2.71. The van der Waals surface area contributed by atoms with Crippen LogP contribution < -0.4 is 14.8 Å². The topological polar surface area (TPSA) is 43.4 Å². The van der Waals surface area contributed by atoms with Crippen molar-refractivity contribution in [1.82, 2.24) is 10.3 Å². The van der Waals surface area contributed by atoms with Crippen molar-refractivity contribution in [3.8, 4) is 11.5 Å². The number of aromatic nitrogens is 1. The van der Waals surface area contributed by atoms with Crippen LogP contribution in [0.3, 0.4) is 0 Å². The largest absolute Gasteiger partial charge is 0.490 e. The van der Waals surface area contributed by atoms with Gasteiger partial charge in [0.05, 0.1) is 11.6 Å². The zero-order chi connectivity index (χ0) is 20.6. The molecule has 0 unspecified atom stereocenters. The van der Waals surface area contributed by atoms with Crippen LogP contribution in [0.5, 0.6) is 11.5 Å². The smallest absolute Gasteiger partial charge is 0.162 e. The summed E-state index contributed by atoms with van der Waals surface area (Å²) in [6.07, 6.45) is 3.59. The number of rotatable bonds is 9. The maximum atomic E-state index is 13.2. The molecule has 0 saturated heterocycles. The number of hydrogen-bond donors (Lipinski definition) is 1. The van der Waals surface area contributed by atoms with Crippen LogP contribution in [0.1, 0.15) is 23.6 Å². The Morgan fingerprint density at radius 2 is 1.90 bits per heavy atom. The first-order valence-electron chi connectivity index (χ1n) is 9.18. The Labute approximate surface area is 183 Å². The molecule has 1 aromatic heterocycles. The molecule has 0 aliphatic heterocycles. The lowest BCUT2D eigenvalue weighted by Crippen LogP contribution is -2.13. The third kappa shape index (κ3) is 6.16. The summed E-state index contributed by atoms with van der Waals surface area (Å²) < 4.78 is 25.8. The van der Waals surface area contributed by atoms with Gasteiger partial charge < -0.3 is 14.8 Å². The zero-order valence-corrected chi connectivity index (χ0v) is 18.3. The summed E-state index contributed by atoms with van der Waals surface area (Å²) in [6, 6.07) is 12.0. The second-order valence-electron chi connectivity index (χ2n) is 6.31. The van der Waals surface area contributed by atoms with Crippen molar-refractivity contribution in [3.05, 3.63) is 86.9 Å². The number of hydrogen-bond acceptors (Lipinski definition) is 4. The quantitative estimate of drug-likeness (QED) is 0.415. The summed E-state index contributed by atoms with van der Waals surface area (Å²) in [5, 5.41) is 3.73. The van der Waals surface area contributed by atoms with Gasteiger partial charge in [-0.25, -0.2) is 4.39 Å². The van der Waals surface area contributed by atoms with Gasteiger partial charge in [0.2, 0.25) is 0 Å². The van der Waals surface area contributed by atoms with Crippen LogP contribution in [-0.4, -0.2) is 11.6 Å². The predicted molar refractivity (Wildman–Crippen MR) is 116 cm³/mol. The van der Waals surface area contributed by atoms with Crippen LogP contribution in [0.15, 0.2) is 59.3 Å². The van der Waals surface area contributed by atoms with Gasteiger partial charge in [0.1, 0.15) is 12.4 Å². The number of ether oxygens (including phenoxy) is 2. The first kappa shape index (κ1) is 21.6. The van der Waals surface area contributed by atoms with Gasteiger partial charge in [-0.05, 0) is 48.4 Å². The van der Waals surface area contributed by atoms with E-state index < -0.39 is 0 Å². The van der Waals surface area contributed by atoms with E-state index in [0.717, 1.165) is 15.6 Å².